The first-order chi connectivity index (χ1) is 25.0. The minimum atomic E-state index is -1.40. The molecule has 0 spiro atoms. The normalized spacial score (nSPS) is 10.6. The van der Waals surface area contributed by atoms with Gasteiger partial charge in [0.25, 0.3) is 11.4 Å². The molecule has 16 nitrogen and oxygen atoms in total. The Bertz CT molecular complexity index is 1780. The number of nitro groups is 2. The second-order valence-electron chi connectivity index (χ2n) is 14.3. The van der Waals surface area contributed by atoms with Gasteiger partial charge in [-0.1, -0.05) is 37.2 Å². The fourth-order valence-corrected chi connectivity index (χ4v) is 3.77. The smallest absolute Gasteiger partial charge is 0.345 e. The van der Waals surface area contributed by atoms with E-state index in [1.807, 2.05) is 48.5 Å². The summed E-state index contributed by atoms with van der Waals surface area (Å²) in [6, 6.07) is 11.9. The number of nitrogen functional groups attached to an aromatic ring is 1. The molecule has 0 saturated carbocycles. The summed E-state index contributed by atoms with van der Waals surface area (Å²) in [5.41, 5.74) is 3.86. The minimum absolute atomic E-state index is 0. The zero-order chi connectivity index (χ0) is 43.0. The van der Waals surface area contributed by atoms with Gasteiger partial charge in [0, 0.05) is 16.6 Å². The van der Waals surface area contributed by atoms with Crippen molar-refractivity contribution < 1.29 is 53.4 Å². The van der Waals surface area contributed by atoms with Gasteiger partial charge in [-0.3, -0.25) is 20.2 Å². The van der Waals surface area contributed by atoms with Crippen molar-refractivity contribution in [3.05, 3.63) is 91.5 Å². The van der Waals surface area contributed by atoms with Gasteiger partial charge >= 0.3 is 17.9 Å². The topological polar surface area (TPSA) is 241 Å². The summed E-state index contributed by atoms with van der Waals surface area (Å²) >= 11 is 3.27. The van der Waals surface area contributed by atoms with E-state index in [4.69, 9.17) is 34.9 Å². The van der Waals surface area contributed by atoms with Crippen LogP contribution in [0.25, 0.3) is 0 Å². The summed E-state index contributed by atoms with van der Waals surface area (Å²) in [4.78, 5) is 54.8. The molecule has 0 bridgehead atoms. The highest BCUT2D eigenvalue weighted by Crippen LogP contribution is 2.28. The molecule has 17 heteroatoms. The van der Waals surface area contributed by atoms with Gasteiger partial charge in [0.05, 0.1) is 39.8 Å². The van der Waals surface area contributed by atoms with Crippen LogP contribution in [0.5, 0.6) is 17.2 Å². The van der Waals surface area contributed by atoms with E-state index in [1.165, 1.54) is 18.2 Å². The maximum absolute atomic E-state index is 12.0. The summed E-state index contributed by atoms with van der Waals surface area (Å²) in [6.45, 7) is 22.2. The number of hydrogen-bond acceptors (Lipinski definition) is 13. The highest BCUT2D eigenvalue weighted by atomic mass is 79.9. The molecule has 0 aliphatic carbocycles. The molecule has 4 N–H and O–H groups in total. The lowest BCUT2D eigenvalue weighted by Crippen LogP contribution is -2.24. The van der Waals surface area contributed by atoms with Crippen LogP contribution in [0.4, 0.5) is 17.1 Å². The van der Waals surface area contributed by atoms with Crippen molar-refractivity contribution in [2.45, 2.75) is 119 Å². The molecule has 3 rings (SSSR count). The van der Waals surface area contributed by atoms with E-state index in [-0.39, 0.29) is 36.6 Å². The van der Waals surface area contributed by atoms with Crippen molar-refractivity contribution in [3.8, 4) is 17.2 Å². The van der Waals surface area contributed by atoms with E-state index in [0.29, 0.717) is 27.6 Å². The number of anilines is 1. The predicted molar refractivity (Wildman–Crippen MR) is 218 cm³/mol. The maximum Gasteiger partial charge on any atom is 0.345 e. The number of halogens is 1. The maximum atomic E-state index is 12.0. The molecule has 0 aromatic heterocycles. The van der Waals surface area contributed by atoms with Gasteiger partial charge in [-0.2, -0.15) is 0 Å². The van der Waals surface area contributed by atoms with E-state index in [0.717, 1.165) is 18.2 Å². The van der Waals surface area contributed by atoms with Crippen LogP contribution in [0.1, 0.15) is 122 Å². The lowest BCUT2D eigenvalue weighted by molar-refractivity contribution is -0.385. The average Bonchev–Trinajstić information content (AvgIpc) is 2.99. The van der Waals surface area contributed by atoms with Gasteiger partial charge in [-0.05, 0) is 106 Å². The zero-order valence-electron chi connectivity index (χ0n) is 33.2. The quantitative estimate of drug-likeness (QED) is 0.0597. The second kappa shape index (κ2) is 23.5. The third kappa shape index (κ3) is 21.4. The van der Waals surface area contributed by atoms with Gasteiger partial charge < -0.3 is 34.9 Å². The van der Waals surface area contributed by atoms with Gasteiger partial charge in [0.15, 0.2) is 0 Å². The highest BCUT2D eigenvalue weighted by molar-refractivity contribution is 9.09. The first kappa shape index (κ1) is 52.7. The number of nitro benzene ring substituents is 2. The molecule has 56 heavy (non-hydrogen) atoms. The lowest BCUT2D eigenvalue weighted by Gasteiger charge is -2.20. The van der Waals surface area contributed by atoms with Crippen LogP contribution in [0.15, 0.2) is 54.6 Å². The van der Waals surface area contributed by atoms with Gasteiger partial charge in [0.2, 0.25) is 0 Å². The standard InChI is InChI=1S/C14H19NO5.C14H21NO3.C7H5NO5.C3H7Br.CH4/c1-9(2)19-10-6-7-11(12(8-10)15(17)18)13(16)20-14(3,4)5;1-9(2)17-10-6-7-11(12(15)8-10)13(16)18-14(3,4)5;9-4-1-2-5(7(10)11)6(3-4)8(12)13;1-3(2)4;/h6-9H,1-5H3;6-9H,15H2,1-5H3;1-3,9H,(H,10,11);3H,1-2H3;1H4. The van der Waals surface area contributed by atoms with Crippen LogP contribution in [0, 0.1) is 20.2 Å². The van der Waals surface area contributed by atoms with Gasteiger partial charge in [-0.15, -0.1) is 0 Å². The molecule has 0 unspecified atom stereocenters. The Kier molecular flexibility index (Phi) is 22.1. The first-order valence-corrected chi connectivity index (χ1v) is 17.8. The van der Waals surface area contributed by atoms with E-state index < -0.39 is 50.2 Å². The summed E-state index contributed by atoms with van der Waals surface area (Å²) in [6.07, 6.45) is -0.0428. The molecule has 312 valence electrons. The number of esters is 2. The van der Waals surface area contributed by atoms with Gasteiger partial charge in [0.1, 0.15) is 39.6 Å². The Balaban J connectivity index is 0. The van der Waals surface area contributed by atoms with Gasteiger partial charge in [-0.25, -0.2) is 14.4 Å². The summed E-state index contributed by atoms with van der Waals surface area (Å²) in [7, 11) is 0. The first-order valence-electron chi connectivity index (χ1n) is 16.9. The number of alkyl halides is 1. The SMILES string of the molecule is C.CC(C)Br.CC(C)Oc1ccc(C(=O)OC(C)(C)C)c(N)c1.CC(C)Oc1ccc(C(=O)OC(C)(C)C)c([N+](=O)[O-])c1.O=C(O)c1ccc(O)cc1[N+](=O)[O-]. The zero-order valence-corrected chi connectivity index (χ0v) is 34.7. The van der Waals surface area contributed by atoms with Crippen LogP contribution in [-0.2, 0) is 9.47 Å². The number of phenolic OH excluding ortho intramolecular Hbond substituents is 1. The minimum Gasteiger partial charge on any atom is -0.508 e. The third-order valence-corrected chi connectivity index (χ3v) is 5.58. The van der Waals surface area contributed by atoms with Crippen molar-refractivity contribution in [3.63, 3.8) is 0 Å². The summed E-state index contributed by atoms with van der Waals surface area (Å²) < 4.78 is 21.3. The molecule has 0 saturated heterocycles. The van der Waals surface area contributed by atoms with Crippen LogP contribution in [0.3, 0.4) is 0 Å². The largest absolute Gasteiger partial charge is 0.508 e. The van der Waals surface area contributed by atoms with Crippen LogP contribution in [-0.4, -0.2) is 66.2 Å². The number of rotatable bonds is 9. The van der Waals surface area contributed by atoms with Crippen molar-refractivity contribution in [2.24, 2.45) is 0 Å². The Morgan fingerprint density at radius 1 is 0.679 bits per heavy atom. The number of carboxylic acids is 1. The number of carbonyl (C=O) groups is 3. The summed E-state index contributed by atoms with van der Waals surface area (Å²) in [5.74, 6) is -1.88. The number of nitrogens with zero attached hydrogens (tertiary/aromatic N) is 2. The number of aromatic carboxylic acids is 1. The molecule has 0 aliphatic heterocycles. The molecule has 0 atom stereocenters. The fourth-order valence-electron chi connectivity index (χ4n) is 3.77. The fraction of sp³-hybridized carbons (Fsp3) is 0.462. The molecule has 3 aromatic carbocycles. The van der Waals surface area contributed by atoms with Crippen LogP contribution in [0.2, 0.25) is 0 Å². The van der Waals surface area contributed by atoms with E-state index in [1.54, 1.807) is 39.0 Å². The number of phenols is 1. The lowest BCUT2D eigenvalue weighted by atomic mass is 10.1. The number of hydrogen-bond donors (Lipinski definition) is 3. The highest BCUT2D eigenvalue weighted by Gasteiger charge is 2.26. The third-order valence-electron chi connectivity index (χ3n) is 5.58. The predicted octanol–water partition coefficient (Wildman–Crippen LogP) is 9.77. The van der Waals surface area contributed by atoms with Crippen molar-refractivity contribution in [1.82, 2.24) is 0 Å². The Labute approximate surface area is 336 Å². The number of ether oxygens (including phenoxy) is 4. The average molecular weight is 855 g/mol. The van der Waals surface area contributed by atoms with Crippen molar-refractivity contribution in [2.75, 3.05) is 5.73 Å². The van der Waals surface area contributed by atoms with E-state index in [2.05, 4.69) is 29.8 Å². The number of carboxylic acid groups (broad SMARTS) is 1. The molecular formula is C39H56BrN3O13. The summed E-state index contributed by atoms with van der Waals surface area (Å²) in [5, 5.41) is 38.8. The second-order valence-corrected chi connectivity index (χ2v) is 16.1. The van der Waals surface area contributed by atoms with E-state index >= 15 is 0 Å². The monoisotopic (exact) mass is 853 g/mol. The van der Waals surface area contributed by atoms with Crippen molar-refractivity contribution >= 4 is 50.9 Å². The molecule has 0 heterocycles. The molecule has 3 aromatic rings. The molecule has 0 fully saturated rings. The molecular weight excluding hydrogens is 798 g/mol. The Morgan fingerprint density at radius 2 is 1.04 bits per heavy atom. The van der Waals surface area contributed by atoms with Crippen LogP contribution >= 0.6 is 15.9 Å². The molecule has 0 radical (unpaired) electrons. The van der Waals surface area contributed by atoms with Crippen LogP contribution < -0.4 is 15.2 Å². The number of nitrogens with two attached hydrogens (primary N) is 1. The molecule has 0 aliphatic rings. The van der Waals surface area contributed by atoms with E-state index in [9.17, 15) is 34.6 Å². The Hall–Kier alpha value is -5.45. The molecule has 0 amide bonds. The number of aromatic hydroxyl groups is 1. The van der Waals surface area contributed by atoms with Crippen molar-refractivity contribution in [1.29, 1.82) is 0 Å². The number of carbonyl (C=O) groups excluding carboxylic acids is 2. The Morgan fingerprint density at radius 3 is 1.39 bits per heavy atom. The number of benzene rings is 3.